The highest BCUT2D eigenvalue weighted by molar-refractivity contribution is 7.91. The second-order valence-electron chi connectivity index (χ2n) is 6.01. The first kappa shape index (κ1) is 16.1. The molecule has 118 valence electrons. The van der Waals surface area contributed by atoms with Gasteiger partial charge in [0.05, 0.1) is 5.25 Å². The van der Waals surface area contributed by atoms with Crippen molar-refractivity contribution in [3.8, 4) is 0 Å². The lowest BCUT2D eigenvalue weighted by Gasteiger charge is -2.36. The number of carbonyl (C=O) groups excluding carboxylic acids is 1. The van der Waals surface area contributed by atoms with Crippen molar-refractivity contribution >= 4 is 15.7 Å². The van der Waals surface area contributed by atoms with Crippen molar-refractivity contribution in [2.24, 2.45) is 0 Å². The van der Waals surface area contributed by atoms with E-state index in [2.05, 4.69) is 0 Å². The van der Waals surface area contributed by atoms with Crippen LogP contribution >= 0.6 is 0 Å². The summed E-state index contributed by atoms with van der Waals surface area (Å²) in [5.74, 6) is 0.765. The normalized spacial score (nSPS) is 23.0. The Morgan fingerprint density at radius 3 is 2.43 bits per heavy atom. The Hall–Kier alpha value is -1.30. The lowest BCUT2D eigenvalue weighted by atomic mass is 9.93. The fraction of sp³-hybridized carbons (Fsp3) is 0.667. The minimum Gasteiger partial charge on any atom is -0.456 e. The SMILES string of the molecule is Cc1cc(C)c(C(=O)N(C)[C@H]2CCCC[C@@H]2S(C)(=O)=O)o1. The van der Waals surface area contributed by atoms with Crippen LogP contribution in [0.2, 0.25) is 0 Å². The zero-order valence-electron chi connectivity index (χ0n) is 13.0. The number of hydrogen-bond acceptors (Lipinski definition) is 4. The third-order valence-electron chi connectivity index (χ3n) is 4.27. The molecule has 1 aliphatic rings. The van der Waals surface area contributed by atoms with Gasteiger partial charge in [0.2, 0.25) is 0 Å². The monoisotopic (exact) mass is 313 g/mol. The summed E-state index contributed by atoms with van der Waals surface area (Å²) in [5, 5.41) is -0.475. The Kier molecular flexibility index (Phi) is 4.46. The Balaban J connectivity index is 2.27. The molecule has 1 saturated carbocycles. The average Bonchev–Trinajstić information content (AvgIpc) is 2.75. The van der Waals surface area contributed by atoms with Gasteiger partial charge in [-0.05, 0) is 32.8 Å². The predicted molar refractivity (Wildman–Crippen MR) is 81.2 cm³/mol. The Morgan fingerprint density at radius 1 is 1.29 bits per heavy atom. The van der Waals surface area contributed by atoms with Crippen LogP contribution in [-0.4, -0.2) is 43.8 Å². The molecule has 0 bridgehead atoms. The molecule has 1 aromatic heterocycles. The Labute approximate surface area is 126 Å². The summed E-state index contributed by atoms with van der Waals surface area (Å²) in [6.07, 6.45) is 4.45. The predicted octanol–water partition coefficient (Wildman–Crippen LogP) is 2.32. The van der Waals surface area contributed by atoms with Crippen molar-refractivity contribution in [1.29, 1.82) is 0 Å². The van der Waals surface area contributed by atoms with Gasteiger partial charge >= 0.3 is 0 Å². The van der Waals surface area contributed by atoms with Crippen molar-refractivity contribution < 1.29 is 17.6 Å². The molecule has 1 aromatic rings. The van der Waals surface area contributed by atoms with Gasteiger partial charge < -0.3 is 9.32 Å². The molecular weight excluding hydrogens is 290 g/mol. The summed E-state index contributed by atoms with van der Waals surface area (Å²) in [4.78, 5) is 14.1. The third kappa shape index (κ3) is 3.31. The number of furan rings is 1. The molecule has 0 aromatic carbocycles. The number of amides is 1. The zero-order valence-corrected chi connectivity index (χ0v) is 13.9. The van der Waals surface area contributed by atoms with E-state index in [1.807, 2.05) is 13.0 Å². The van der Waals surface area contributed by atoms with Crippen LogP contribution in [0.3, 0.4) is 0 Å². The second-order valence-corrected chi connectivity index (χ2v) is 8.27. The van der Waals surface area contributed by atoms with Crippen LogP contribution < -0.4 is 0 Å². The average molecular weight is 313 g/mol. The molecule has 0 saturated heterocycles. The summed E-state index contributed by atoms with van der Waals surface area (Å²) < 4.78 is 29.4. The van der Waals surface area contributed by atoms with Crippen molar-refractivity contribution in [2.45, 2.75) is 50.8 Å². The quantitative estimate of drug-likeness (QED) is 0.859. The van der Waals surface area contributed by atoms with Crippen LogP contribution in [0.5, 0.6) is 0 Å². The van der Waals surface area contributed by atoms with Crippen LogP contribution in [0.15, 0.2) is 10.5 Å². The van der Waals surface area contributed by atoms with E-state index in [0.717, 1.165) is 24.8 Å². The second kappa shape index (κ2) is 5.83. The van der Waals surface area contributed by atoms with Gasteiger partial charge in [0.15, 0.2) is 15.6 Å². The highest BCUT2D eigenvalue weighted by Gasteiger charge is 2.38. The largest absolute Gasteiger partial charge is 0.456 e. The molecular formula is C15H23NO4S. The van der Waals surface area contributed by atoms with Crippen molar-refractivity contribution in [1.82, 2.24) is 4.90 Å². The molecule has 1 heterocycles. The Morgan fingerprint density at radius 2 is 1.90 bits per heavy atom. The van der Waals surface area contributed by atoms with Gasteiger partial charge in [-0.25, -0.2) is 8.42 Å². The first-order valence-corrected chi connectivity index (χ1v) is 9.20. The molecule has 21 heavy (non-hydrogen) atoms. The van der Waals surface area contributed by atoms with Gasteiger partial charge in [0.1, 0.15) is 5.76 Å². The van der Waals surface area contributed by atoms with Crippen molar-refractivity contribution in [2.75, 3.05) is 13.3 Å². The lowest BCUT2D eigenvalue weighted by molar-refractivity contribution is 0.0666. The maximum absolute atomic E-state index is 12.6. The third-order valence-corrected chi connectivity index (χ3v) is 5.92. The molecule has 1 fully saturated rings. The zero-order chi connectivity index (χ0) is 15.8. The number of carbonyl (C=O) groups is 1. The van der Waals surface area contributed by atoms with Crippen molar-refractivity contribution in [3.05, 3.63) is 23.2 Å². The van der Waals surface area contributed by atoms with Gasteiger partial charge in [-0.3, -0.25) is 4.79 Å². The molecule has 2 atom stereocenters. The van der Waals surface area contributed by atoms with Gasteiger partial charge in [0.25, 0.3) is 5.91 Å². The van der Waals surface area contributed by atoms with E-state index in [9.17, 15) is 13.2 Å². The van der Waals surface area contributed by atoms with Crippen LogP contribution in [0, 0.1) is 13.8 Å². The molecule has 0 radical (unpaired) electrons. The topological polar surface area (TPSA) is 67.6 Å². The highest BCUT2D eigenvalue weighted by Crippen LogP contribution is 2.29. The minimum atomic E-state index is -3.17. The van der Waals surface area contributed by atoms with E-state index in [1.54, 1.807) is 18.9 Å². The molecule has 1 aliphatic carbocycles. The molecule has 0 spiro atoms. The minimum absolute atomic E-state index is 0.235. The lowest BCUT2D eigenvalue weighted by Crippen LogP contribution is -2.49. The fourth-order valence-electron chi connectivity index (χ4n) is 3.18. The molecule has 0 N–H and O–H groups in total. The van der Waals surface area contributed by atoms with Crippen LogP contribution in [0.25, 0.3) is 0 Å². The molecule has 0 unspecified atom stereocenters. The van der Waals surface area contributed by atoms with Gasteiger partial charge in [-0.2, -0.15) is 0 Å². The summed E-state index contributed by atoms with van der Waals surface area (Å²) in [6, 6.07) is 1.54. The highest BCUT2D eigenvalue weighted by atomic mass is 32.2. The van der Waals surface area contributed by atoms with Gasteiger partial charge in [-0.1, -0.05) is 12.8 Å². The number of nitrogens with zero attached hydrogens (tertiary/aromatic N) is 1. The molecule has 5 nitrogen and oxygen atoms in total. The first-order chi connectivity index (χ1) is 9.71. The number of hydrogen-bond donors (Lipinski definition) is 0. The van der Waals surface area contributed by atoms with E-state index in [1.165, 1.54) is 6.26 Å². The van der Waals surface area contributed by atoms with E-state index < -0.39 is 15.1 Å². The summed E-state index contributed by atoms with van der Waals surface area (Å²) in [5.41, 5.74) is 0.788. The maximum Gasteiger partial charge on any atom is 0.289 e. The van der Waals surface area contributed by atoms with Gasteiger partial charge in [0, 0.05) is 24.9 Å². The Bertz CT molecular complexity index is 632. The van der Waals surface area contributed by atoms with E-state index in [0.29, 0.717) is 17.9 Å². The molecule has 6 heteroatoms. The maximum atomic E-state index is 12.6. The summed E-state index contributed by atoms with van der Waals surface area (Å²) >= 11 is 0. The fourth-order valence-corrected chi connectivity index (χ4v) is 4.67. The summed E-state index contributed by atoms with van der Waals surface area (Å²) in [6.45, 7) is 3.62. The van der Waals surface area contributed by atoms with E-state index in [-0.39, 0.29) is 11.9 Å². The first-order valence-electron chi connectivity index (χ1n) is 7.25. The number of aryl methyl sites for hydroxylation is 2. The van der Waals surface area contributed by atoms with E-state index >= 15 is 0 Å². The van der Waals surface area contributed by atoms with Gasteiger partial charge in [-0.15, -0.1) is 0 Å². The smallest absolute Gasteiger partial charge is 0.289 e. The van der Waals surface area contributed by atoms with Crippen LogP contribution in [0.4, 0.5) is 0 Å². The number of sulfone groups is 1. The number of rotatable bonds is 3. The summed E-state index contributed by atoms with van der Waals surface area (Å²) in [7, 11) is -1.49. The van der Waals surface area contributed by atoms with Crippen LogP contribution in [-0.2, 0) is 9.84 Å². The molecule has 0 aliphatic heterocycles. The van der Waals surface area contributed by atoms with Crippen molar-refractivity contribution in [3.63, 3.8) is 0 Å². The molecule has 2 rings (SSSR count). The molecule has 1 amide bonds. The standard InChI is InChI=1S/C15H23NO4S/c1-10-9-11(2)20-14(10)15(17)16(3)12-7-5-6-8-13(12)21(4,18)19/h9,12-13H,5-8H2,1-4H3/t12-,13-/m0/s1. The van der Waals surface area contributed by atoms with E-state index in [4.69, 9.17) is 4.42 Å². The van der Waals surface area contributed by atoms with Crippen LogP contribution in [0.1, 0.15) is 47.6 Å².